The van der Waals surface area contributed by atoms with E-state index in [0.29, 0.717) is 0 Å². The Morgan fingerprint density at radius 3 is 1.97 bits per heavy atom. The van der Waals surface area contributed by atoms with Gasteiger partial charge < -0.3 is 0 Å². The first-order valence-corrected chi connectivity index (χ1v) is 10.6. The molecule has 5 rings (SSSR count). The predicted octanol–water partition coefficient (Wildman–Crippen LogP) is 2.81. The van der Waals surface area contributed by atoms with Gasteiger partial charge in [0.2, 0.25) is 5.91 Å². The number of hydrogen-bond donors (Lipinski definition) is 1. The van der Waals surface area contributed by atoms with E-state index in [2.05, 4.69) is 10.5 Å². The molecule has 0 saturated carbocycles. The maximum atomic E-state index is 13.8. The van der Waals surface area contributed by atoms with Crippen molar-refractivity contribution in [3.05, 3.63) is 106 Å². The third kappa shape index (κ3) is 3.43. The molecule has 2 heterocycles. The summed E-state index contributed by atoms with van der Waals surface area (Å²) in [5.74, 6) is -3.31. The lowest BCUT2D eigenvalue weighted by Gasteiger charge is -2.19. The molecule has 0 unspecified atom stereocenters. The first kappa shape index (κ1) is 21.2. The lowest BCUT2D eigenvalue weighted by atomic mass is 9.82. The number of nitro benzene ring substituents is 1. The van der Waals surface area contributed by atoms with Gasteiger partial charge in [0.1, 0.15) is 17.7 Å². The molecule has 0 spiro atoms. The number of hydrogen-bond acceptors (Lipinski definition) is 7. The topological polar surface area (TPSA) is 122 Å². The van der Waals surface area contributed by atoms with Crippen LogP contribution < -0.4 is 10.3 Å². The number of amides is 2. The summed E-state index contributed by atoms with van der Waals surface area (Å²) in [5.41, 5.74) is 4.18. The molecule has 168 valence electrons. The van der Waals surface area contributed by atoms with Crippen LogP contribution >= 0.6 is 0 Å². The molecule has 9 heteroatoms. The SMILES string of the molecule is O=C(C1=NN[C@H]2C(=O)N(c3ccc([N+](=O)[O-])cc3)C(=O)[C@H]12)C(c1ccccc1)c1ccccc1. The van der Waals surface area contributed by atoms with E-state index in [1.807, 2.05) is 60.7 Å². The molecule has 2 atom stereocenters. The van der Waals surface area contributed by atoms with E-state index in [1.165, 1.54) is 24.3 Å². The summed E-state index contributed by atoms with van der Waals surface area (Å²) in [6.07, 6.45) is 0. The van der Waals surface area contributed by atoms with Crippen molar-refractivity contribution in [2.24, 2.45) is 11.0 Å². The number of fused-ring (bicyclic) bond motifs is 1. The van der Waals surface area contributed by atoms with Crippen molar-refractivity contribution in [3.8, 4) is 0 Å². The molecule has 1 N–H and O–H groups in total. The number of rotatable bonds is 6. The fraction of sp³-hybridized carbons (Fsp3) is 0.120. The van der Waals surface area contributed by atoms with Crippen molar-refractivity contribution in [2.45, 2.75) is 12.0 Å². The predicted molar refractivity (Wildman–Crippen MR) is 123 cm³/mol. The molecule has 34 heavy (non-hydrogen) atoms. The van der Waals surface area contributed by atoms with E-state index >= 15 is 0 Å². The van der Waals surface area contributed by atoms with Crippen molar-refractivity contribution in [1.82, 2.24) is 5.43 Å². The van der Waals surface area contributed by atoms with E-state index < -0.39 is 34.6 Å². The molecule has 2 amide bonds. The average Bonchev–Trinajstić information content (AvgIpc) is 3.40. The number of nitrogens with zero attached hydrogens (tertiary/aromatic N) is 3. The molecule has 3 aromatic rings. The number of Topliss-reactive ketones (excluding diaryl/α,β-unsaturated/α-hetero) is 1. The van der Waals surface area contributed by atoms with Gasteiger partial charge in [-0.3, -0.25) is 29.9 Å². The number of ketones is 1. The molecular weight excluding hydrogens is 436 g/mol. The van der Waals surface area contributed by atoms with Crippen LogP contribution in [0.15, 0.2) is 90.0 Å². The number of imide groups is 1. The summed E-state index contributed by atoms with van der Waals surface area (Å²) < 4.78 is 0. The zero-order valence-corrected chi connectivity index (χ0v) is 17.7. The van der Waals surface area contributed by atoms with Gasteiger partial charge in [0, 0.05) is 12.1 Å². The van der Waals surface area contributed by atoms with E-state index in [4.69, 9.17) is 0 Å². The zero-order chi connectivity index (χ0) is 23.8. The fourth-order valence-corrected chi connectivity index (χ4v) is 4.41. The Balaban J connectivity index is 1.48. The number of anilines is 1. The van der Waals surface area contributed by atoms with Gasteiger partial charge >= 0.3 is 0 Å². The van der Waals surface area contributed by atoms with E-state index in [1.54, 1.807) is 0 Å². The van der Waals surface area contributed by atoms with E-state index in [9.17, 15) is 24.5 Å². The van der Waals surface area contributed by atoms with Gasteiger partial charge in [-0.05, 0) is 23.3 Å². The average molecular weight is 454 g/mol. The number of carbonyl (C=O) groups is 3. The minimum absolute atomic E-state index is 0.00883. The number of non-ortho nitro benzene ring substituents is 1. The normalized spacial score (nSPS) is 19.1. The number of hydrazone groups is 1. The minimum Gasteiger partial charge on any atom is -0.296 e. The summed E-state index contributed by atoms with van der Waals surface area (Å²) >= 11 is 0. The Kier molecular flexibility index (Phi) is 5.21. The van der Waals surface area contributed by atoms with Gasteiger partial charge in [0.15, 0.2) is 5.78 Å². The molecular formula is C25H18N4O5. The maximum absolute atomic E-state index is 13.8. The van der Waals surface area contributed by atoms with Crippen molar-refractivity contribution >= 4 is 34.7 Å². The molecule has 0 bridgehead atoms. The number of carbonyl (C=O) groups excluding carboxylic acids is 3. The number of nitrogens with one attached hydrogen (secondary N) is 1. The molecule has 0 aromatic heterocycles. The van der Waals surface area contributed by atoms with Gasteiger partial charge in [0.05, 0.1) is 16.5 Å². The van der Waals surface area contributed by atoms with Crippen LogP contribution in [0.4, 0.5) is 11.4 Å². The second kappa shape index (κ2) is 8.36. The van der Waals surface area contributed by atoms with Crippen LogP contribution in [0, 0.1) is 16.0 Å². The monoisotopic (exact) mass is 454 g/mol. The largest absolute Gasteiger partial charge is 0.296 e. The van der Waals surface area contributed by atoms with Crippen LogP contribution in [0.5, 0.6) is 0 Å². The first-order chi connectivity index (χ1) is 16.5. The molecule has 1 fully saturated rings. The maximum Gasteiger partial charge on any atom is 0.269 e. The first-order valence-electron chi connectivity index (χ1n) is 10.6. The Morgan fingerprint density at radius 2 is 1.44 bits per heavy atom. The fourth-order valence-electron chi connectivity index (χ4n) is 4.41. The van der Waals surface area contributed by atoms with Crippen molar-refractivity contribution in [3.63, 3.8) is 0 Å². The second-order valence-corrected chi connectivity index (χ2v) is 7.99. The van der Waals surface area contributed by atoms with Gasteiger partial charge in [0.25, 0.3) is 11.6 Å². The standard InChI is InChI=1S/C25H18N4O5/c30-23(19(15-7-3-1-4-8-15)16-9-5-2-6-10-16)21-20-22(27-26-21)25(32)28(24(20)31)17-11-13-18(14-12-17)29(33)34/h1-14,19-20,22,27H/t20-,22-/m1/s1. The van der Waals surface area contributed by atoms with Crippen molar-refractivity contribution < 1.29 is 19.3 Å². The number of nitro groups is 1. The molecule has 2 aliphatic rings. The highest BCUT2D eigenvalue weighted by atomic mass is 16.6. The molecule has 2 aliphatic heterocycles. The molecule has 9 nitrogen and oxygen atoms in total. The minimum atomic E-state index is -1.08. The lowest BCUT2D eigenvalue weighted by Crippen LogP contribution is -2.36. The highest BCUT2D eigenvalue weighted by Crippen LogP contribution is 2.35. The summed E-state index contributed by atoms with van der Waals surface area (Å²) in [4.78, 5) is 51.4. The highest BCUT2D eigenvalue weighted by molar-refractivity contribution is 6.50. The lowest BCUT2D eigenvalue weighted by molar-refractivity contribution is -0.384. The van der Waals surface area contributed by atoms with Gasteiger partial charge in [-0.2, -0.15) is 5.10 Å². The Hall–Kier alpha value is -4.66. The second-order valence-electron chi connectivity index (χ2n) is 7.99. The highest BCUT2D eigenvalue weighted by Gasteiger charge is 2.56. The molecule has 0 radical (unpaired) electrons. The van der Waals surface area contributed by atoms with Gasteiger partial charge in [-0.1, -0.05) is 60.7 Å². The zero-order valence-electron chi connectivity index (χ0n) is 17.7. The van der Waals surface area contributed by atoms with Crippen LogP contribution in [0.2, 0.25) is 0 Å². The summed E-state index contributed by atoms with van der Waals surface area (Å²) in [7, 11) is 0. The number of benzene rings is 3. The van der Waals surface area contributed by atoms with Crippen LogP contribution in [0.1, 0.15) is 17.0 Å². The van der Waals surface area contributed by atoms with Crippen LogP contribution in [0.3, 0.4) is 0 Å². The van der Waals surface area contributed by atoms with Crippen molar-refractivity contribution in [2.75, 3.05) is 4.90 Å². The third-order valence-corrected chi connectivity index (χ3v) is 6.02. The van der Waals surface area contributed by atoms with E-state index in [0.717, 1.165) is 16.0 Å². The molecule has 3 aromatic carbocycles. The third-order valence-electron chi connectivity index (χ3n) is 6.02. The summed E-state index contributed by atoms with van der Waals surface area (Å²) in [6, 6.07) is 22.5. The summed E-state index contributed by atoms with van der Waals surface area (Å²) in [5, 5.41) is 15.1. The quantitative estimate of drug-likeness (QED) is 0.347. The van der Waals surface area contributed by atoms with E-state index in [-0.39, 0.29) is 22.9 Å². The van der Waals surface area contributed by atoms with Crippen molar-refractivity contribution in [1.29, 1.82) is 0 Å². The Morgan fingerprint density at radius 1 is 0.882 bits per heavy atom. The molecule has 1 saturated heterocycles. The van der Waals surface area contributed by atoms with Gasteiger partial charge in [-0.15, -0.1) is 0 Å². The van der Waals surface area contributed by atoms with Crippen LogP contribution in [-0.4, -0.2) is 34.3 Å². The van der Waals surface area contributed by atoms with Crippen LogP contribution in [0.25, 0.3) is 0 Å². The van der Waals surface area contributed by atoms with Crippen LogP contribution in [-0.2, 0) is 14.4 Å². The van der Waals surface area contributed by atoms with Gasteiger partial charge in [-0.25, -0.2) is 4.90 Å². The Bertz CT molecular complexity index is 1280. The smallest absolute Gasteiger partial charge is 0.269 e. The Labute approximate surface area is 193 Å². The summed E-state index contributed by atoms with van der Waals surface area (Å²) in [6.45, 7) is 0. The molecule has 0 aliphatic carbocycles.